The maximum atomic E-state index is 5.85. The van der Waals surface area contributed by atoms with Gasteiger partial charge >= 0.3 is 0 Å². The Labute approximate surface area is 117 Å². The number of anilines is 2. The molecular formula is C15H17BrN2. The van der Waals surface area contributed by atoms with Crippen molar-refractivity contribution < 1.29 is 0 Å². The third-order valence-corrected chi connectivity index (χ3v) is 3.88. The zero-order chi connectivity index (χ0) is 13.1. The Kier molecular flexibility index (Phi) is 4.04. The summed E-state index contributed by atoms with van der Waals surface area (Å²) >= 11 is 3.56. The predicted octanol–water partition coefficient (Wildman–Crippen LogP) is 3.98. The van der Waals surface area contributed by atoms with Crippen LogP contribution in [0.1, 0.15) is 11.1 Å². The Hall–Kier alpha value is -1.32. The Balaban J connectivity index is 2.50. The molecule has 0 fully saturated rings. The van der Waals surface area contributed by atoms with Crippen LogP contribution in [0.2, 0.25) is 0 Å². The number of rotatable bonds is 3. The molecule has 0 heterocycles. The molecule has 2 N–H and O–H groups in total. The van der Waals surface area contributed by atoms with E-state index in [0.29, 0.717) is 6.54 Å². The van der Waals surface area contributed by atoms with Gasteiger partial charge in [-0.3, -0.25) is 0 Å². The second-order valence-corrected chi connectivity index (χ2v) is 5.14. The van der Waals surface area contributed by atoms with Crippen molar-refractivity contribution in [3.05, 3.63) is 58.1 Å². The Morgan fingerprint density at radius 3 is 2.39 bits per heavy atom. The first kappa shape index (κ1) is 13.1. The molecule has 2 rings (SSSR count). The van der Waals surface area contributed by atoms with Crippen molar-refractivity contribution in [3.8, 4) is 0 Å². The maximum absolute atomic E-state index is 5.85. The second kappa shape index (κ2) is 5.55. The first-order valence-electron chi connectivity index (χ1n) is 5.92. The minimum absolute atomic E-state index is 0.521. The van der Waals surface area contributed by atoms with Crippen LogP contribution in [0, 0.1) is 6.92 Å². The lowest BCUT2D eigenvalue weighted by Crippen LogP contribution is -2.14. The van der Waals surface area contributed by atoms with Crippen molar-refractivity contribution in [3.63, 3.8) is 0 Å². The van der Waals surface area contributed by atoms with Crippen molar-refractivity contribution in [2.24, 2.45) is 5.73 Å². The van der Waals surface area contributed by atoms with E-state index in [4.69, 9.17) is 5.73 Å². The Bertz CT molecular complexity index is 552. The number of hydrogen-bond acceptors (Lipinski definition) is 2. The van der Waals surface area contributed by atoms with Gasteiger partial charge in [0.25, 0.3) is 0 Å². The van der Waals surface area contributed by atoms with Gasteiger partial charge in [-0.1, -0.05) is 40.2 Å². The quantitative estimate of drug-likeness (QED) is 0.929. The molecule has 0 radical (unpaired) electrons. The van der Waals surface area contributed by atoms with E-state index in [9.17, 15) is 0 Å². The van der Waals surface area contributed by atoms with Gasteiger partial charge in [0.2, 0.25) is 0 Å². The minimum Gasteiger partial charge on any atom is -0.344 e. The summed E-state index contributed by atoms with van der Waals surface area (Å²) in [5, 5.41) is 0. The predicted molar refractivity (Wildman–Crippen MR) is 81.3 cm³/mol. The molecule has 0 bridgehead atoms. The number of hydrogen-bond donors (Lipinski definition) is 1. The van der Waals surface area contributed by atoms with Crippen LogP contribution in [0.25, 0.3) is 0 Å². The van der Waals surface area contributed by atoms with Gasteiger partial charge in [-0.15, -0.1) is 0 Å². The van der Waals surface area contributed by atoms with Crippen LogP contribution < -0.4 is 10.6 Å². The van der Waals surface area contributed by atoms with Crippen LogP contribution in [0.4, 0.5) is 11.4 Å². The van der Waals surface area contributed by atoms with Crippen molar-refractivity contribution in [2.45, 2.75) is 13.5 Å². The smallest absolute Gasteiger partial charge is 0.0465 e. The zero-order valence-electron chi connectivity index (χ0n) is 10.7. The molecule has 3 heteroatoms. The molecule has 0 spiro atoms. The summed E-state index contributed by atoms with van der Waals surface area (Å²) in [6, 6.07) is 14.5. The standard InChI is InChI=1S/C15H17BrN2/c1-11-6-3-4-8-14(11)18(2)15-9-5-7-13(16)12(15)10-17/h3-9H,10,17H2,1-2H3. The van der Waals surface area contributed by atoms with Gasteiger partial charge in [-0.05, 0) is 30.7 Å². The minimum atomic E-state index is 0.521. The molecule has 0 atom stereocenters. The van der Waals surface area contributed by atoms with E-state index in [1.54, 1.807) is 0 Å². The first-order chi connectivity index (χ1) is 8.65. The van der Waals surface area contributed by atoms with Crippen LogP contribution in [0.15, 0.2) is 46.9 Å². The number of nitrogens with two attached hydrogens (primary N) is 1. The molecule has 0 saturated heterocycles. The maximum Gasteiger partial charge on any atom is 0.0465 e. The highest BCUT2D eigenvalue weighted by Crippen LogP contribution is 2.32. The highest BCUT2D eigenvalue weighted by atomic mass is 79.9. The topological polar surface area (TPSA) is 29.3 Å². The van der Waals surface area contributed by atoms with Gasteiger partial charge in [-0.2, -0.15) is 0 Å². The van der Waals surface area contributed by atoms with Crippen LogP contribution in [-0.2, 0) is 6.54 Å². The lowest BCUT2D eigenvalue weighted by molar-refractivity contribution is 1.03. The van der Waals surface area contributed by atoms with E-state index < -0.39 is 0 Å². The molecule has 2 aromatic carbocycles. The molecule has 18 heavy (non-hydrogen) atoms. The summed E-state index contributed by atoms with van der Waals surface area (Å²) in [6.07, 6.45) is 0. The average Bonchev–Trinajstić information content (AvgIpc) is 2.38. The number of halogens is 1. The summed E-state index contributed by atoms with van der Waals surface area (Å²) < 4.78 is 1.06. The van der Waals surface area contributed by atoms with Crippen LogP contribution in [0.3, 0.4) is 0 Å². The molecular weight excluding hydrogens is 288 g/mol. The number of para-hydroxylation sites is 1. The van der Waals surface area contributed by atoms with Gasteiger partial charge in [0, 0.05) is 35.0 Å². The fourth-order valence-corrected chi connectivity index (χ4v) is 2.65. The van der Waals surface area contributed by atoms with Gasteiger partial charge < -0.3 is 10.6 Å². The van der Waals surface area contributed by atoms with E-state index in [-0.39, 0.29) is 0 Å². The van der Waals surface area contributed by atoms with E-state index in [0.717, 1.165) is 15.7 Å². The first-order valence-corrected chi connectivity index (χ1v) is 6.71. The molecule has 0 unspecified atom stereocenters. The van der Waals surface area contributed by atoms with Gasteiger partial charge in [0.15, 0.2) is 0 Å². The molecule has 0 amide bonds. The monoisotopic (exact) mass is 304 g/mol. The molecule has 0 aliphatic heterocycles. The van der Waals surface area contributed by atoms with E-state index in [2.05, 4.69) is 65.1 Å². The van der Waals surface area contributed by atoms with Crippen molar-refractivity contribution in [1.29, 1.82) is 0 Å². The summed E-state index contributed by atoms with van der Waals surface area (Å²) in [5.74, 6) is 0. The second-order valence-electron chi connectivity index (χ2n) is 4.29. The Morgan fingerprint density at radius 2 is 1.72 bits per heavy atom. The molecule has 0 aliphatic carbocycles. The number of aryl methyl sites for hydroxylation is 1. The van der Waals surface area contributed by atoms with Crippen LogP contribution in [0.5, 0.6) is 0 Å². The lowest BCUT2D eigenvalue weighted by atomic mass is 10.1. The normalized spacial score (nSPS) is 10.4. The largest absolute Gasteiger partial charge is 0.344 e. The van der Waals surface area contributed by atoms with E-state index >= 15 is 0 Å². The molecule has 2 nitrogen and oxygen atoms in total. The number of nitrogens with zero attached hydrogens (tertiary/aromatic N) is 1. The van der Waals surface area contributed by atoms with Crippen molar-refractivity contribution in [2.75, 3.05) is 11.9 Å². The zero-order valence-corrected chi connectivity index (χ0v) is 12.2. The summed E-state index contributed by atoms with van der Waals surface area (Å²) in [4.78, 5) is 2.18. The number of benzene rings is 2. The van der Waals surface area contributed by atoms with Crippen LogP contribution >= 0.6 is 15.9 Å². The van der Waals surface area contributed by atoms with Gasteiger partial charge in [0.05, 0.1) is 0 Å². The third-order valence-electron chi connectivity index (χ3n) is 3.14. The molecule has 94 valence electrons. The van der Waals surface area contributed by atoms with E-state index in [1.165, 1.54) is 11.3 Å². The lowest BCUT2D eigenvalue weighted by Gasteiger charge is -2.24. The summed E-state index contributed by atoms with van der Waals surface area (Å²) in [5.41, 5.74) is 10.6. The third kappa shape index (κ3) is 2.42. The highest BCUT2D eigenvalue weighted by Gasteiger charge is 2.11. The fourth-order valence-electron chi connectivity index (χ4n) is 2.13. The van der Waals surface area contributed by atoms with E-state index in [1.807, 2.05) is 12.1 Å². The molecule has 0 saturated carbocycles. The highest BCUT2D eigenvalue weighted by molar-refractivity contribution is 9.10. The fraction of sp³-hybridized carbons (Fsp3) is 0.200. The van der Waals surface area contributed by atoms with Gasteiger partial charge in [-0.25, -0.2) is 0 Å². The SMILES string of the molecule is Cc1ccccc1N(C)c1cccc(Br)c1CN. The summed E-state index contributed by atoms with van der Waals surface area (Å²) in [7, 11) is 2.07. The van der Waals surface area contributed by atoms with Gasteiger partial charge in [0.1, 0.15) is 0 Å². The molecule has 2 aromatic rings. The molecule has 0 aromatic heterocycles. The summed E-state index contributed by atoms with van der Waals surface area (Å²) in [6.45, 7) is 2.64. The van der Waals surface area contributed by atoms with Crippen molar-refractivity contribution in [1.82, 2.24) is 0 Å². The van der Waals surface area contributed by atoms with Crippen LogP contribution in [-0.4, -0.2) is 7.05 Å². The molecule has 0 aliphatic rings. The van der Waals surface area contributed by atoms with Crippen molar-refractivity contribution >= 4 is 27.3 Å². The average molecular weight is 305 g/mol. The Morgan fingerprint density at radius 1 is 1.06 bits per heavy atom.